The Morgan fingerprint density at radius 2 is 1.76 bits per heavy atom. The number of methoxy groups -OCH3 is 2. The minimum Gasteiger partial charge on any atom is -0.497 e. The van der Waals surface area contributed by atoms with Gasteiger partial charge in [-0.05, 0) is 37.1 Å². The van der Waals surface area contributed by atoms with E-state index in [-0.39, 0.29) is 24.4 Å². The van der Waals surface area contributed by atoms with E-state index in [1.54, 1.807) is 27.2 Å². The van der Waals surface area contributed by atoms with Crippen LogP contribution in [-0.2, 0) is 17.8 Å². The number of furan rings is 1. The Morgan fingerprint density at radius 3 is 2.28 bits per heavy atom. The molecule has 1 aromatic carbocycles. The van der Waals surface area contributed by atoms with Crippen molar-refractivity contribution in [3.8, 4) is 11.5 Å². The van der Waals surface area contributed by atoms with Gasteiger partial charge in [0.25, 0.3) is 0 Å². The predicted molar refractivity (Wildman–Crippen MR) is 90.1 cm³/mol. The third-order valence-electron chi connectivity index (χ3n) is 3.71. The van der Waals surface area contributed by atoms with Gasteiger partial charge in [0, 0.05) is 12.5 Å². The number of benzene rings is 1. The number of rotatable bonds is 8. The summed E-state index contributed by atoms with van der Waals surface area (Å²) >= 11 is 0. The summed E-state index contributed by atoms with van der Waals surface area (Å²) in [4.78, 5) is 23.0. The first kappa shape index (κ1) is 18.4. The third kappa shape index (κ3) is 5.00. The quantitative estimate of drug-likeness (QED) is 0.761. The summed E-state index contributed by atoms with van der Waals surface area (Å²) in [7, 11) is 3.14. The van der Waals surface area contributed by atoms with Crippen LogP contribution in [0.15, 0.2) is 28.7 Å². The van der Waals surface area contributed by atoms with Crippen molar-refractivity contribution in [1.29, 1.82) is 0 Å². The SMILES string of the molecule is COc1cc(CCC(=O)NCc2cc(C(=O)O)c(C)o2)cc(OC)c1. The number of hydrogen-bond donors (Lipinski definition) is 2. The van der Waals surface area contributed by atoms with E-state index in [0.29, 0.717) is 29.4 Å². The molecule has 0 atom stereocenters. The van der Waals surface area contributed by atoms with Gasteiger partial charge in [-0.15, -0.1) is 0 Å². The Morgan fingerprint density at radius 1 is 1.12 bits per heavy atom. The average molecular weight is 347 g/mol. The normalized spacial score (nSPS) is 10.4. The van der Waals surface area contributed by atoms with Crippen molar-refractivity contribution >= 4 is 11.9 Å². The number of aryl methyl sites for hydroxylation is 2. The van der Waals surface area contributed by atoms with Crippen molar-refractivity contribution in [3.05, 3.63) is 46.9 Å². The first-order chi connectivity index (χ1) is 11.9. The second-order valence-corrected chi connectivity index (χ2v) is 5.49. The fraction of sp³-hybridized carbons (Fsp3) is 0.333. The number of amides is 1. The summed E-state index contributed by atoms with van der Waals surface area (Å²) < 4.78 is 15.7. The lowest BCUT2D eigenvalue weighted by molar-refractivity contribution is -0.121. The Bertz CT molecular complexity index is 743. The fourth-order valence-corrected chi connectivity index (χ4v) is 2.39. The van der Waals surface area contributed by atoms with E-state index in [9.17, 15) is 9.59 Å². The van der Waals surface area contributed by atoms with Crippen LogP contribution in [-0.4, -0.2) is 31.2 Å². The summed E-state index contributed by atoms with van der Waals surface area (Å²) in [6, 6.07) is 6.89. The van der Waals surface area contributed by atoms with Crippen molar-refractivity contribution in [1.82, 2.24) is 5.32 Å². The molecule has 0 spiro atoms. The molecular formula is C18H21NO6. The first-order valence-electron chi connectivity index (χ1n) is 7.74. The van der Waals surface area contributed by atoms with E-state index >= 15 is 0 Å². The molecule has 0 saturated heterocycles. The second-order valence-electron chi connectivity index (χ2n) is 5.49. The smallest absolute Gasteiger partial charge is 0.339 e. The average Bonchev–Trinajstić information content (AvgIpc) is 2.98. The molecule has 0 radical (unpaired) electrons. The maximum atomic E-state index is 12.0. The van der Waals surface area contributed by atoms with Gasteiger partial charge in [0.05, 0.1) is 20.8 Å². The Labute approximate surface area is 145 Å². The largest absolute Gasteiger partial charge is 0.497 e. The first-order valence-corrected chi connectivity index (χ1v) is 7.74. The molecule has 0 unspecified atom stereocenters. The van der Waals surface area contributed by atoms with Crippen LogP contribution in [0.2, 0.25) is 0 Å². The zero-order valence-corrected chi connectivity index (χ0v) is 14.4. The van der Waals surface area contributed by atoms with Crippen molar-refractivity contribution in [2.75, 3.05) is 14.2 Å². The van der Waals surface area contributed by atoms with Crippen LogP contribution >= 0.6 is 0 Å². The standard InChI is InChI=1S/C18H21NO6/c1-11-16(18(21)22)9-15(25-11)10-19-17(20)5-4-12-6-13(23-2)8-14(7-12)24-3/h6-9H,4-5,10H2,1-3H3,(H,19,20)(H,21,22). The molecule has 25 heavy (non-hydrogen) atoms. The minimum atomic E-state index is -1.05. The third-order valence-corrected chi connectivity index (χ3v) is 3.71. The molecule has 0 aliphatic rings. The number of carbonyl (C=O) groups is 2. The van der Waals surface area contributed by atoms with Gasteiger partial charge in [-0.3, -0.25) is 4.79 Å². The Hall–Kier alpha value is -2.96. The van der Waals surface area contributed by atoms with Gasteiger partial charge in [-0.1, -0.05) is 0 Å². The molecule has 1 aromatic heterocycles. The number of aromatic carboxylic acids is 1. The Balaban J connectivity index is 1.89. The van der Waals surface area contributed by atoms with Crippen LogP contribution in [0.3, 0.4) is 0 Å². The van der Waals surface area contributed by atoms with Gasteiger partial charge in [-0.2, -0.15) is 0 Å². The number of carboxylic acids is 1. The molecular weight excluding hydrogens is 326 g/mol. The number of hydrogen-bond acceptors (Lipinski definition) is 5. The number of ether oxygens (including phenoxy) is 2. The van der Waals surface area contributed by atoms with E-state index in [1.165, 1.54) is 6.07 Å². The number of carboxylic acid groups (broad SMARTS) is 1. The van der Waals surface area contributed by atoms with E-state index < -0.39 is 5.97 Å². The van der Waals surface area contributed by atoms with Gasteiger partial charge in [0.1, 0.15) is 28.6 Å². The van der Waals surface area contributed by atoms with Crippen molar-refractivity contribution in [3.63, 3.8) is 0 Å². The molecule has 2 N–H and O–H groups in total. The lowest BCUT2D eigenvalue weighted by atomic mass is 10.1. The van der Waals surface area contributed by atoms with Gasteiger partial charge < -0.3 is 24.3 Å². The maximum absolute atomic E-state index is 12.0. The van der Waals surface area contributed by atoms with Crippen molar-refractivity contribution < 1.29 is 28.6 Å². The van der Waals surface area contributed by atoms with Crippen LogP contribution in [0.25, 0.3) is 0 Å². The van der Waals surface area contributed by atoms with Crippen LogP contribution < -0.4 is 14.8 Å². The highest BCUT2D eigenvalue weighted by molar-refractivity contribution is 5.88. The van der Waals surface area contributed by atoms with Gasteiger partial charge >= 0.3 is 5.97 Å². The van der Waals surface area contributed by atoms with Crippen LogP contribution in [0.5, 0.6) is 11.5 Å². The molecule has 1 heterocycles. The van der Waals surface area contributed by atoms with E-state index in [4.69, 9.17) is 19.0 Å². The monoisotopic (exact) mass is 347 g/mol. The summed E-state index contributed by atoms with van der Waals surface area (Å²) in [5.74, 6) is 0.856. The van der Waals surface area contributed by atoms with Gasteiger partial charge in [-0.25, -0.2) is 4.79 Å². The Kier molecular flexibility index (Phi) is 6.05. The highest BCUT2D eigenvalue weighted by Crippen LogP contribution is 2.23. The molecule has 2 rings (SSSR count). The molecule has 0 aliphatic carbocycles. The molecule has 134 valence electrons. The molecule has 0 bridgehead atoms. The molecule has 2 aromatic rings. The zero-order chi connectivity index (χ0) is 18.4. The van der Waals surface area contributed by atoms with Crippen molar-refractivity contribution in [2.45, 2.75) is 26.3 Å². The molecule has 7 nitrogen and oxygen atoms in total. The molecule has 7 heteroatoms. The van der Waals surface area contributed by atoms with Crippen LogP contribution in [0, 0.1) is 6.92 Å². The van der Waals surface area contributed by atoms with E-state index in [2.05, 4.69) is 5.32 Å². The van der Waals surface area contributed by atoms with Crippen LogP contribution in [0.1, 0.15) is 33.9 Å². The zero-order valence-electron chi connectivity index (χ0n) is 14.4. The highest BCUT2D eigenvalue weighted by Gasteiger charge is 2.14. The van der Waals surface area contributed by atoms with Gasteiger partial charge in [0.2, 0.25) is 5.91 Å². The summed E-state index contributed by atoms with van der Waals surface area (Å²) in [6.45, 7) is 1.72. The molecule has 1 amide bonds. The second kappa shape index (κ2) is 8.23. The number of nitrogens with one attached hydrogen (secondary N) is 1. The lowest BCUT2D eigenvalue weighted by Crippen LogP contribution is -2.22. The highest BCUT2D eigenvalue weighted by atomic mass is 16.5. The van der Waals surface area contributed by atoms with Gasteiger partial charge in [0.15, 0.2) is 0 Å². The van der Waals surface area contributed by atoms with Crippen LogP contribution in [0.4, 0.5) is 0 Å². The summed E-state index contributed by atoms with van der Waals surface area (Å²) in [5.41, 5.74) is 1.03. The number of carbonyl (C=O) groups excluding carboxylic acids is 1. The van der Waals surface area contributed by atoms with Crippen molar-refractivity contribution in [2.24, 2.45) is 0 Å². The minimum absolute atomic E-state index is 0.104. The fourth-order valence-electron chi connectivity index (χ4n) is 2.39. The maximum Gasteiger partial charge on any atom is 0.339 e. The lowest BCUT2D eigenvalue weighted by Gasteiger charge is -2.08. The van der Waals surface area contributed by atoms with E-state index in [1.807, 2.05) is 12.1 Å². The molecule has 0 fully saturated rings. The molecule has 0 aliphatic heterocycles. The predicted octanol–water partition coefficient (Wildman–Crippen LogP) is 2.55. The summed E-state index contributed by atoms with van der Waals surface area (Å²) in [5, 5.41) is 11.7. The molecule has 0 saturated carbocycles. The van der Waals surface area contributed by atoms with E-state index in [0.717, 1.165) is 5.56 Å². The topological polar surface area (TPSA) is 98.0 Å². The summed E-state index contributed by atoms with van der Waals surface area (Å²) in [6.07, 6.45) is 0.804.